The third-order valence-electron chi connectivity index (χ3n) is 3.51. The van der Waals surface area contributed by atoms with E-state index in [9.17, 15) is 5.11 Å². The summed E-state index contributed by atoms with van der Waals surface area (Å²) >= 11 is 0. The van der Waals surface area contributed by atoms with E-state index in [-0.39, 0.29) is 5.75 Å². The van der Waals surface area contributed by atoms with Crippen LogP contribution in [0.1, 0.15) is 5.56 Å². The number of phenols is 1. The van der Waals surface area contributed by atoms with Gasteiger partial charge in [-0.05, 0) is 36.4 Å². The summed E-state index contributed by atoms with van der Waals surface area (Å²) in [5.41, 5.74) is 2.08. The van der Waals surface area contributed by atoms with Gasteiger partial charge in [0.1, 0.15) is 23.9 Å². The summed E-state index contributed by atoms with van der Waals surface area (Å²) in [6.07, 6.45) is 2.02. The molecule has 0 aliphatic carbocycles. The predicted molar refractivity (Wildman–Crippen MR) is 81.9 cm³/mol. The molecule has 2 aromatic carbocycles. The highest BCUT2D eigenvalue weighted by Crippen LogP contribution is 2.26. The van der Waals surface area contributed by atoms with Crippen LogP contribution in [0.15, 0.2) is 48.7 Å². The van der Waals surface area contributed by atoms with Crippen LogP contribution in [0.4, 0.5) is 0 Å². The summed E-state index contributed by atoms with van der Waals surface area (Å²) in [5.74, 6) is 1.88. The Morgan fingerprint density at radius 3 is 2.48 bits per heavy atom. The highest BCUT2D eigenvalue weighted by atomic mass is 16.5. The van der Waals surface area contributed by atoms with E-state index in [0.717, 1.165) is 28.0 Å². The third-order valence-corrected chi connectivity index (χ3v) is 3.51. The summed E-state index contributed by atoms with van der Waals surface area (Å²) in [5, 5.41) is 10.7. The number of benzene rings is 2. The van der Waals surface area contributed by atoms with Crippen molar-refractivity contribution in [3.8, 4) is 17.2 Å². The molecule has 0 aliphatic heterocycles. The van der Waals surface area contributed by atoms with Gasteiger partial charge in [0.25, 0.3) is 0 Å². The number of fused-ring (bicyclic) bond motifs is 1. The van der Waals surface area contributed by atoms with Crippen LogP contribution < -0.4 is 9.47 Å². The van der Waals surface area contributed by atoms with Crippen molar-refractivity contribution in [2.24, 2.45) is 7.05 Å². The molecule has 3 aromatic rings. The van der Waals surface area contributed by atoms with Crippen molar-refractivity contribution in [3.05, 3.63) is 54.2 Å². The third kappa shape index (κ3) is 2.65. The van der Waals surface area contributed by atoms with Gasteiger partial charge >= 0.3 is 0 Å². The topological polar surface area (TPSA) is 43.6 Å². The number of nitrogens with zero attached hydrogens (tertiary/aromatic N) is 1. The fraction of sp³-hybridized carbons (Fsp3) is 0.176. The van der Waals surface area contributed by atoms with Gasteiger partial charge in [-0.25, -0.2) is 0 Å². The number of aromatic hydroxyl groups is 1. The number of ether oxygens (including phenoxy) is 2. The molecule has 0 amide bonds. The number of aromatic nitrogens is 1. The van der Waals surface area contributed by atoms with Gasteiger partial charge in [-0.2, -0.15) is 0 Å². The highest BCUT2D eigenvalue weighted by molar-refractivity contribution is 5.85. The van der Waals surface area contributed by atoms with Crippen LogP contribution in [-0.2, 0) is 13.7 Å². The highest BCUT2D eigenvalue weighted by Gasteiger charge is 2.08. The normalized spacial score (nSPS) is 10.8. The lowest BCUT2D eigenvalue weighted by Crippen LogP contribution is -1.94. The fourth-order valence-corrected chi connectivity index (χ4v) is 2.40. The summed E-state index contributed by atoms with van der Waals surface area (Å²) in [7, 11) is 3.60. The molecule has 0 saturated heterocycles. The molecule has 1 aromatic heterocycles. The zero-order valence-electron chi connectivity index (χ0n) is 12.0. The van der Waals surface area contributed by atoms with Crippen molar-refractivity contribution < 1.29 is 14.6 Å². The Kier molecular flexibility index (Phi) is 3.44. The van der Waals surface area contributed by atoms with Gasteiger partial charge in [0.2, 0.25) is 0 Å². The minimum Gasteiger partial charge on any atom is -0.508 e. The van der Waals surface area contributed by atoms with E-state index >= 15 is 0 Å². The molecule has 1 heterocycles. The molecule has 0 aliphatic rings. The van der Waals surface area contributed by atoms with Crippen molar-refractivity contribution in [1.82, 2.24) is 4.57 Å². The number of aryl methyl sites for hydroxylation is 1. The molecule has 21 heavy (non-hydrogen) atoms. The Bertz CT molecular complexity index is 760. The van der Waals surface area contributed by atoms with Gasteiger partial charge in [-0.1, -0.05) is 0 Å². The molecule has 0 radical (unpaired) electrons. The van der Waals surface area contributed by atoms with E-state index in [1.807, 2.05) is 48.1 Å². The predicted octanol–water partition coefficient (Wildman–Crippen LogP) is 3.47. The van der Waals surface area contributed by atoms with Crippen molar-refractivity contribution in [3.63, 3.8) is 0 Å². The Morgan fingerprint density at radius 1 is 1.05 bits per heavy atom. The fourth-order valence-electron chi connectivity index (χ4n) is 2.40. The Morgan fingerprint density at radius 2 is 1.76 bits per heavy atom. The first kappa shape index (κ1) is 13.4. The molecule has 0 saturated carbocycles. The molecule has 0 bridgehead atoms. The van der Waals surface area contributed by atoms with Gasteiger partial charge in [-0.3, -0.25) is 0 Å². The average Bonchev–Trinajstić information content (AvgIpc) is 2.81. The number of hydrogen-bond acceptors (Lipinski definition) is 3. The SMILES string of the molecule is COc1ccc(OCc2cn(C)c3cc(O)ccc23)cc1. The number of methoxy groups -OCH3 is 1. The van der Waals surface area contributed by atoms with Gasteiger partial charge in [0.15, 0.2) is 0 Å². The van der Waals surface area contributed by atoms with Gasteiger partial charge in [0, 0.05) is 30.3 Å². The van der Waals surface area contributed by atoms with Crippen molar-refractivity contribution in [2.45, 2.75) is 6.61 Å². The Hall–Kier alpha value is -2.62. The molecule has 0 atom stereocenters. The minimum absolute atomic E-state index is 0.270. The van der Waals surface area contributed by atoms with Crippen molar-refractivity contribution in [1.29, 1.82) is 0 Å². The maximum absolute atomic E-state index is 9.56. The van der Waals surface area contributed by atoms with E-state index in [2.05, 4.69) is 0 Å². The first-order valence-corrected chi connectivity index (χ1v) is 6.71. The van der Waals surface area contributed by atoms with Crippen molar-refractivity contribution in [2.75, 3.05) is 7.11 Å². The number of hydrogen-bond donors (Lipinski definition) is 1. The summed E-state index contributed by atoms with van der Waals surface area (Å²) in [4.78, 5) is 0. The first-order valence-electron chi connectivity index (χ1n) is 6.71. The van der Waals surface area contributed by atoms with Crippen LogP contribution in [0.25, 0.3) is 10.9 Å². The molecule has 4 heteroatoms. The van der Waals surface area contributed by atoms with E-state index < -0.39 is 0 Å². The zero-order chi connectivity index (χ0) is 14.8. The molecule has 0 fully saturated rings. The second-order valence-corrected chi connectivity index (χ2v) is 4.93. The van der Waals surface area contributed by atoms with Crippen LogP contribution in [-0.4, -0.2) is 16.8 Å². The van der Waals surface area contributed by atoms with E-state index in [1.54, 1.807) is 19.2 Å². The molecule has 1 N–H and O–H groups in total. The monoisotopic (exact) mass is 283 g/mol. The number of phenolic OH excluding ortho intramolecular Hbond substituents is 1. The molecule has 108 valence electrons. The molecule has 0 spiro atoms. The van der Waals surface area contributed by atoms with Crippen LogP contribution in [0.5, 0.6) is 17.2 Å². The van der Waals surface area contributed by atoms with Crippen LogP contribution in [0, 0.1) is 0 Å². The smallest absolute Gasteiger partial charge is 0.120 e. The Labute approximate surface area is 123 Å². The lowest BCUT2D eigenvalue weighted by atomic mass is 10.2. The summed E-state index contributed by atoms with van der Waals surface area (Å²) in [6.45, 7) is 0.481. The Balaban J connectivity index is 1.81. The van der Waals surface area contributed by atoms with Crippen LogP contribution in [0.3, 0.4) is 0 Å². The second kappa shape index (κ2) is 5.40. The van der Waals surface area contributed by atoms with Gasteiger partial charge in [-0.15, -0.1) is 0 Å². The van der Waals surface area contributed by atoms with E-state index in [0.29, 0.717) is 6.61 Å². The van der Waals surface area contributed by atoms with Gasteiger partial charge in [0.05, 0.1) is 12.6 Å². The van der Waals surface area contributed by atoms with Crippen LogP contribution in [0.2, 0.25) is 0 Å². The standard InChI is InChI=1S/C17H17NO3/c1-18-10-12(16-8-3-13(19)9-17(16)18)11-21-15-6-4-14(20-2)5-7-15/h3-10,19H,11H2,1-2H3. The lowest BCUT2D eigenvalue weighted by Gasteiger charge is -2.06. The molecular weight excluding hydrogens is 266 g/mol. The molecule has 3 rings (SSSR count). The van der Waals surface area contributed by atoms with E-state index in [4.69, 9.17) is 9.47 Å². The molecular formula is C17H17NO3. The lowest BCUT2D eigenvalue weighted by molar-refractivity contribution is 0.306. The molecule has 4 nitrogen and oxygen atoms in total. The van der Waals surface area contributed by atoms with Crippen LogP contribution >= 0.6 is 0 Å². The quantitative estimate of drug-likeness (QED) is 0.797. The summed E-state index contributed by atoms with van der Waals surface area (Å²) < 4.78 is 12.9. The largest absolute Gasteiger partial charge is 0.508 e. The maximum Gasteiger partial charge on any atom is 0.120 e. The van der Waals surface area contributed by atoms with E-state index in [1.165, 1.54) is 0 Å². The zero-order valence-corrected chi connectivity index (χ0v) is 12.0. The number of rotatable bonds is 4. The second-order valence-electron chi connectivity index (χ2n) is 4.93. The first-order chi connectivity index (χ1) is 10.2. The van der Waals surface area contributed by atoms with Crippen molar-refractivity contribution >= 4 is 10.9 Å². The molecule has 0 unspecified atom stereocenters. The maximum atomic E-state index is 9.56. The summed E-state index contributed by atoms with van der Waals surface area (Å²) in [6, 6.07) is 12.9. The minimum atomic E-state index is 0.270. The average molecular weight is 283 g/mol. The van der Waals surface area contributed by atoms with Gasteiger partial charge < -0.3 is 19.1 Å².